The smallest absolute Gasteiger partial charge is 0.496 e. The van der Waals surface area contributed by atoms with Crippen molar-refractivity contribution < 1.29 is 47.6 Å². The molecular weight excluding hydrogens is 544 g/mol. The number of carbonyl (C=O) groups excluding carboxylic acids is 4. The number of esters is 3. The zero-order chi connectivity index (χ0) is 30.3. The highest BCUT2D eigenvalue weighted by molar-refractivity contribution is 5.92. The molecule has 10 nitrogen and oxygen atoms in total. The number of aryl methyl sites for hydroxylation is 1. The van der Waals surface area contributed by atoms with Crippen LogP contribution >= 0.6 is 0 Å². The molecule has 0 unspecified atom stereocenters. The molecule has 0 N–H and O–H groups in total. The molecule has 3 aromatic carbocycles. The molecule has 42 heavy (non-hydrogen) atoms. The lowest BCUT2D eigenvalue weighted by atomic mass is 10.2. The summed E-state index contributed by atoms with van der Waals surface area (Å²) in [5.74, 6) is -0.130. The Kier molecular flexibility index (Phi) is 12.1. The van der Waals surface area contributed by atoms with Gasteiger partial charge in [0.2, 0.25) is 0 Å². The lowest BCUT2D eigenvalue weighted by molar-refractivity contribution is -0.137. The maximum Gasteiger partial charge on any atom is 0.513 e. The number of hydrogen-bond donors (Lipinski definition) is 0. The topological polar surface area (TPSA) is 124 Å². The first-order valence-corrected chi connectivity index (χ1v) is 13.2. The largest absolute Gasteiger partial charge is 0.513 e. The Morgan fingerprint density at radius 3 is 1.69 bits per heavy atom. The highest BCUT2D eigenvalue weighted by Crippen LogP contribution is 2.24. The molecule has 0 aliphatic carbocycles. The quantitative estimate of drug-likeness (QED) is 0.0715. The number of methoxy groups -OCH3 is 1. The molecule has 10 heteroatoms. The fourth-order valence-electron chi connectivity index (χ4n) is 3.64. The van der Waals surface area contributed by atoms with Crippen molar-refractivity contribution in [2.24, 2.45) is 0 Å². The van der Waals surface area contributed by atoms with E-state index in [1.54, 1.807) is 25.3 Å². The van der Waals surface area contributed by atoms with Gasteiger partial charge in [-0.1, -0.05) is 6.58 Å². The van der Waals surface area contributed by atoms with E-state index in [4.69, 9.17) is 28.4 Å². The molecule has 0 saturated carbocycles. The first-order chi connectivity index (χ1) is 20.3. The second kappa shape index (κ2) is 16.2. The van der Waals surface area contributed by atoms with E-state index in [0.717, 1.165) is 24.5 Å². The summed E-state index contributed by atoms with van der Waals surface area (Å²) < 4.78 is 31.0. The van der Waals surface area contributed by atoms with Crippen molar-refractivity contribution in [3.05, 3.63) is 96.1 Å². The summed E-state index contributed by atoms with van der Waals surface area (Å²) in [4.78, 5) is 47.8. The maximum atomic E-state index is 12.5. The molecule has 0 amide bonds. The molecule has 3 aromatic rings. The number of benzene rings is 3. The van der Waals surface area contributed by atoms with Crippen LogP contribution in [0, 0.1) is 6.92 Å². The van der Waals surface area contributed by atoms with E-state index in [2.05, 4.69) is 6.58 Å². The number of hydrogen-bond acceptors (Lipinski definition) is 10. The van der Waals surface area contributed by atoms with Crippen molar-refractivity contribution in [1.82, 2.24) is 0 Å². The van der Waals surface area contributed by atoms with Gasteiger partial charge in [0, 0.05) is 6.08 Å². The molecule has 0 radical (unpaired) electrons. The van der Waals surface area contributed by atoms with Crippen LogP contribution < -0.4 is 18.9 Å². The number of unbranched alkanes of at least 4 members (excludes halogenated alkanes) is 3. The van der Waals surface area contributed by atoms with Crippen molar-refractivity contribution in [1.29, 1.82) is 0 Å². The van der Waals surface area contributed by atoms with Gasteiger partial charge in [-0.3, -0.25) is 0 Å². The molecule has 0 saturated heterocycles. The SMILES string of the molecule is C=CC(=O)OCCCCCCOC(=O)Oc1ccc(C(=O)Oc2ccc(C(=O)Oc3ccc(OC)c(C)c3)cc2)cc1. The Labute approximate surface area is 243 Å². The highest BCUT2D eigenvalue weighted by Gasteiger charge is 2.13. The van der Waals surface area contributed by atoms with Crippen molar-refractivity contribution in [2.45, 2.75) is 32.6 Å². The third kappa shape index (κ3) is 10.1. The molecule has 220 valence electrons. The average Bonchev–Trinajstić information content (AvgIpc) is 2.99. The fraction of sp³-hybridized carbons (Fsp3) is 0.250. The minimum atomic E-state index is -0.856. The first kappa shape index (κ1) is 31.4. The Morgan fingerprint density at radius 2 is 1.17 bits per heavy atom. The predicted octanol–water partition coefficient (Wildman–Crippen LogP) is 6.25. The Morgan fingerprint density at radius 1 is 0.667 bits per heavy atom. The summed E-state index contributed by atoms with van der Waals surface area (Å²) in [6.45, 7) is 5.68. The van der Waals surface area contributed by atoms with Crippen molar-refractivity contribution in [2.75, 3.05) is 20.3 Å². The summed E-state index contributed by atoms with van der Waals surface area (Å²) in [5.41, 5.74) is 1.34. The molecule has 0 aliphatic heterocycles. The van der Waals surface area contributed by atoms with Crippen LogP contribution in [-0.2, 0) is 14.3 Å². The van der Waals surface area contributed by atoms with E-state index < -0.39 is 24.1 Å². The van der Waals surface area contributed by atoms with Gasteiger partial charge in [0.05, 0.1) is 31.5 Å². The van der Waals surface area contributed by atoms with Crippen molar-refractivity contribution in [3.63, 3.8) is 0 Å². The average molecular weight is 577 g/mol. The maximum absolute atomic E-state index is 12.5. The summed E-state index contributed by atoms with van der Waals surface area (Å²) in [6.07, 6.45) is 3.23. The van der Waals surface area contributed by atoms with Crippen molar-refractivity contribution in [3.8, 4) is 23.0 Å². The molecular formula is C32H32O10. The van der Waals surface area contributed by atoms with Crippen LogP contribution in [0.4, 0.5) is 4.79 Å². The first-order valence-electron chi connectivity index (χ1n) is 13.2. The van der Waals surface area contributed by atoms with Crippen LogP contribution in [0.1, 0.15) is 52.0 Å². The van der Waals surface area contributed by atoms with Crippen molar-refractivity contribution >= 4 is 24.1 Å². The third-order valence-corrected chi connectivity index (χ3v) is 5.84. The van der Waals surface area contributed by atoms with Gasteiger partial charge in [-0.25, -0.2) is 19.2 Å². The fourth-order valence-corrected chi connectivity index (χ4v) is 3.64. The van der Waals surface area contributed by atoms with Crippen LogP contribution in [0.15, 0.2) is 79.4 Å². The molecule has 0 heterocycles. The van der Waals surface area contributed by atoms with E-state index in [0.29, 0.717) is 30.9 Å². The third-order valence-electron chi connectivity index (χ3n) is 5.84. The van der Waals surface area contributed by atoms with E-state index in [-0.39, 0.29) is 29.2 Å². The molecule has 0 fully saturated rings. The highest BCUT2D eigenvalue weighted by atomic mass is 16.7. The number of ether oxygens (including phenoxy) is 6. The predicted molar refractivity (Wildman–Crippen MR) is 152 cm³/mol. The lowest BCUT2D eigenvalue weighted by Crippen LogP contribution is -2.12. The van der Waals surface area contributed by atoms with Gasteiger partial charge < -0.3 is 28.4 Å². The second-order valence-electron chi connectivity index (χ2n) is 8.95. The Hall–Kier alpha value is -5.12. The molecule has 0 atom stereocenters. The van der Waals surface area contributed by atoms with Gasteiger partial charge in [-0.05, 0) is 105 Å². The minimum Gasteiger partial charge on any atom is -0.496 e. The number of carbonyl (C=O) groups is 4. The monoisotopic (exact) mass is 576 g/mol. The van der Waals surface area contributed by atoms with Gasteiger partial charge in [0.25, 0.3) is 0 Å². The van der Waals surface area contributed by atoms with Gasteiger partial charge in [0.15, 0.2) is 0 Å². The zero-order valence-corrected chi connectivity index (χ0v) is 23.5. The van der Waals surface area contributed by atoms with Gasteiger partial charge in [0.1, 0.15) is 23.0 Å². The van der Waals surface area contributed by atoms with Crippen LogP contribution in [-0.4, -0.2) is 44.4 Å². The van der Waals surface area contributed by atoms with Gasteiger partial charge >= 0.3 is 24.1 Å². The zero-order valence-electron chi connectivity index (χ0n) is 23.5. The summed E-state index contributed by atoms with van der Waals surface area (Å²) >= 11 is 0. The van der Waals surface area contributed by atoms with Crippen LogP contribution in [0.3, 0.4) is 0 Å². The standard InChI is InChI=1S/C32H32O10/c1-4-29(33)38-19-7-5-6-8-20-39-32(36)42-26-15-11-23(12-16-26)30(34)40-25-13-9-24(10-14-25)31(35)41-27-17-18-28(37-3)22(2)21-27/h4,9-18,21H,1,5-8,19-20H2,2-3H3. The lowest BCUT2D eigenvalue weighted by Gasteiger charge is -2.09. The number of rotatable bonds is 14. The summed E-state index contributed by atoms with van der Waals surface area (Å²) in [6, 6.07) is 16.8. The van der Waals surface area contributed by atoms with Crippen LogP contribution in [0.2, 0.25) is 0 Å². The molecule has 3 rings (SSSR count). The van der Waals surface area contributed by atoms with E-state index >= 15 is 0 Å². The summed E-state index contributed by atoms with van der Waals surface area (Å²) in [5, 5.41) is 0. The summed E-state index contributed by atoms with van der Waals surface area (Å²) in [7, 11) is 1.56. The van der Waals surface area contributed by atoms with Crippen LogP contribution in [0.25, 0.3) is 0 Å². The Bertz CT molecular complexity index is 1380. The van der Waals surface area contributed by atoms with E-state index in [1.165, 1.54) is 48.5 Å². The minimum absolute atomic E-state index is 0.188. The molecule has 0 aromatic heterocycles. The molecule has 0 bridgehead atoms. The molecule has 0 spiro atoms. The van der Waals surface area contributed by atoms with Gasteiger partial charge in [-0.2, -0.15) is 0 Å². The second-order valence-corrected chi connectivity index (χ2v) is 8.95. The van der Waals surface area contributed by atoms with Crippen LogP contribution in [0.5, 0.6) is 23.0 Å². The van der Waals surface area contributed by atoms with Gasteiger partial charge in [-0.15, -0.1) is 0 Å². The van der Waals surface area contributed by atoms with E-state index in [9.17, 15) is 19.2 Å². The Balaban J connectivity index is 1.39. The molecule has 0 aliphatic rings. The van der Waals surface area contributed by atoms with E-state index in [1.807, 2.05) is 6.92 Å². The normalized spacial score (nSPS) is 10.2.